The number of aromatic nitrogens is 1. The number of halogens is 4. The van der Waals surface area contributed by atoms with Gasteiger partial charge < -0.3 is 0 Å². The van der Waals surface area contributed by atoms with E-state index in [-0.39, 0.29) is 10.6 Å². The molecule has 0 unspecified atom stereocenters. The molecule has 0 atom stereocenters. The maximum atomic E-state index is 12.8. The Morgan fingerprint density at radius 1 is 1.06 bits per heavy atom. The van der Waals surface area contributed by atoms with Gasteiger partial charge in [0.25, 0.3) is 0 Å². The highest BCUT2D eigenvalue weighted by Crippen LogP contribution is 2.36. The molecule has 0 aliphatic carbocycles. The molecule has 2 rings (SSSR count). The standard InChI is InChI=1S/C12H7ClF3N/c13-9-6-10(8-4-2-1-3-5-8)11(17-7-9)12(14,15)16/h1-7H. The van der Waals surface area contributed by atoms with Gasteiger partial charge in [-0.3, -0.25) is 0 Å². The van der Waals surface area contributed by atoms with Crippen LogP contribution in [0.2, 0.25) is 5.02 Å². The lowest BCUT2D eigenvalue weighted by Gasteiger charge is -2.11. The van der Waals surface area contributed by atoms with Crippen molar-refractivity contribution in [2.24, 2.45) is 0 Å². The van der Waals surface area contributed by atoms with E-state index in [2.05, 4.69) is 4.98 Å². The maximum absolute atomic E-state index is 12.8. The van der Waals surface area contributed by atoms with Crippen molar-refractivity contribution in [1.82, 2.24) is 4.98 Å². The average Bonchev–Trinajstić information content (AvgIpc) is 2.28. The minimum absolute atomic E-state index is 0.00870. The summed E-state index contributed by atoms with van der Waals surface area (Å²) in [7, 11) is 0. The maximum Gasteiger partial charge on any atom is 0.433 e. The molecule has 0 aliphatic heterocycles. The Hall–Kier alpha value is -1.55. The molecule has 1 nitrogen and oxygen atoms in total. The monoisotopic (exact) mass is 257 g/mol. The molecule has 0 spiro atoms. The fourth-order valence-electron chi connectivity index (χ4n) is 1.50. The highest BCUT2D eigenvalue weighted by atomic mass is 35.5. The van der Waals surface area contributed by atoms with Crippen LogP contribution in [0.15, 0.2) is 42.6 Å². The zero-order valence-electron chi connectivity index (χ0n) is 8.50. The third-order valence-corrected chi connectivity index (χ3v) is 2.41. The van der Waals surface area contributed by atoms with Gasteiger partial charge in [-0.1, -0.05) is 41.9 Å². The normalized spacial score (nSPS) is 11.5. The second kappa shape index (κ2) is 4.37. The van der Waals surface area contributed by atoms with E-state index in [0.717, 1.165) is 6.20 Å². The smallest absolute Gasteiger partial charge is 0.250 e. The van der Waals surface area contributed by atoms with Crippen LogP contribution >= 0.6 is 11.6 Å². The van der Waals surface area contributed by atoms with Crippen molar-refractivity contribution in [2.75, 3.05) is 0 Å². The first-order valence-electron chi connectivity index (χ1n) is 4.76. The molecule has 2 aromatic rings. The van der Waals surface area contributed by atoms with E-state index in [4.69, 9.17) is 11.6 Å². The zero-order chi connectivity index (χ0) is 12.5. The molecular formula is C12H7ClF3N. The molecule has 0 radical (unpaired) electrons. The summed E-state index contributed by atoms with van der Waals surface area (Å²) in [5.74, 6) is 0. The largest absolute Gasteiger partial charge is 0.433 e. The Balaban J connectivity index is 2.64. The van der Waals surface area contributed by atoms with Crippen molar-refractivity contribution < 1.29 is 13.2 Å². The van der Waals surface area contributed by atoms with Gasteiger partial charge in [0.1, 0.15) is 0 Å². The molecule has 0 aliphatic rings. The molecule has 88 valence electrons. The molecular weight excluding hydrogens is 251 g/mol. The summed E-state index contributed by atoms with van der Waals surface area (Å²) in [6.07, 6.45) is -3.49. The Labute approximate surface area is 101 Å². The highest BCUT2D eigenvalue weighted by Gasteiger charge is 2.35. The molecule has 17 heavy (non-hydrogen) atoms. The van der Waals surface area contributed by atoms with Crippen molar-refractivity contribution in [1.29, 1.82) is 0 Å². The van der Waals surface area contributed by atoms with Crippen LogP contribution in [0, 0.1) is 0 Å². The van der Waals surface area contributed by atoms with Gasteiger partial charge in [0.05, 0.1) is 5.02 Å². The second-order valence-corrected chi connectivity index (χ2v) is 3.85. The van der Waals surface area contributed by atoms with Crippen LogP contribution in [0.5, 0.6) is 0 Å². The summed E-state index contributed by atoms with van der Waals surface area (Å²) in [4.78, 5) is 3.37. The van der Waals surface area contributed by atoms with Gasteiger partial charge in [-0.2, -0.15) is 13.2 Å². The lowest BCUT2D eigenvalue weighted by molar-refractivity contribution is -0.140. The summed E-state index contributed by atoms with van der Waals surface area (Å²) >= 11 is 5.69. The Morgan fingerprint density at radius 3 is 2.29 bits per heavy atom. The second-order valence-electron chi connectivity index (χ2n) is 3.41. The SMILES string of the molecule is FC(F)(F)c1ncc(Cl)cc1-c1ccccc1. The summed E-state index contributed by atoms with van der Waals surface area (Å²) in [6, 6.07) is 9.50. The van der Waals surface area contributed by atoms with Gasteiger partial charge in [-0.25, -0.2) is 4.98 Å². The van der Waals surface area contributed by atoms with Gasteiger partial charge >= 0.3 is 6.18 Å². The van der Waals surface area contributed by atoms with Crippen LogP contribution in [0.1, 0.15) is 5.69 Å². The van der Waals surface area contributed by atoms with Crippen molar-refractivity contribution >= 4 is 11.6 Å². The zero-order valence-corrected chi connectivity index (χ0v) is 9.26. The van der Waals surface area contributed by atoms with E-state index in [9.17, 15) is 13.2 Å². The first-order chi connectivity index (χ1) is 7.98. The lowest BCUT2D eigenvalue weighted by atomic mass is 10.0. The molecule has 1 aromatic carbocycles. The molecule has 0 fully saturated rings. The van der Waals surface area contributed by atoms with E-state index in [1.807, 2.05) is 0 Å². The molecule has 0 bridgehead atoms. The van der Waals surface area contributed by atoms with Gasteiger partial charge in [-0.05, 0) is 11.6 Å². The minimum Gasteiger partial charge on any atom is -0.250 e. The van der Waals surface area contributed by atoms with Crippen LogP contribution in [0.4, 0.5) is 13.2 Å². The molecule has 5 heteroatoms. The predicted molar refractivity (Wildman–Crippen MR) is 59.7 cm³/mol. The van der Waals surface area contributed by atoms with Crippen molar-refractivity contribution in [3.05, 3.63) is 53.3 Å². The van der Waals surface area contributed by atoms with E-state index < -0.39 is 11.9 Å². The Kier molecular flexibility index (Phi) is 3.07. The van der Waals surface area contributed by atoms with Gasteiger partial charge in [-0.15, -0.1) is 0 Å². The molecule has 0 saturated carbocycles. The van der Waals surface area contributed by atoms with Gasteiger partial charge in [0.2, 0.25) is 0 Å². The van der Waals surface area contributed by atoms with Crippen LogP contribution < -0.4 is 0 Å². The number of pyridine rings is 1. The van der Waals surface area contributed by atoms with Crippen molar-refractivity contribution in [3.8, 4) is 11.1 Å². The predicted octanol–water partition coefficient (Wildman–Crippen LogP) is 4.42. The third-order valence-electron chi connectivity index (χ3n) is 2.21. The number of hydrogen-bond donors (Lipinski definition) is 0. The van der Waals surface area contributed by atoms with Crippen molar-refractivity contribution in [2.45, 2.75) is 6.18 Å². The first-order valence-corrected chi connectivity index (χ1v) is 5.14. The first kappa shape index (κ1) is 11.9. The van der Waals surface area contributed by atoms with E-state index in [1.54, 1.807) is 30.3 Å². The number of benzene rings is 1. The van der Waals surface area contributed by atoms with Crippen LogP contribution in [0.25, 0.3) is 11.1 Å². The molecule has 0 N–H and O–H groups in total. The van der Waals surface area contributed by atoms with E-state index in [1.165, 1.54) is 6.07 Å². The number of alkyl halides is 3. The Morgan fingerprint density at radius 2 is 1.71 bits per heavy atom. The number of hydrogen-bond acceptors (Lipinski definition) is 1. The fourth-order valence-corrected chi connectivity index (χ4v) is 1.66. The van der Waals surface area contributed by atoms with Crippen LogP contribution in [-0.2, 0) is 6.18 Å². The lowest BCUT2D eigenvalue weighted by Crippen LogP contribution is -2.09. The molecule has 1 aromatic heterocycles. The highest BCUT2D eigenvalue weighted by molar-refractivity contribution is 6.30. The quantitative estimate of drug-likeness (QED) is 0.737. The fraction of sp³-hybridized carbons (Fsp3) is 0.0833. The Bertz CT molecular complexity index is 523. The topological polar surface area (TPSA) is 12.9 Å². The molecule has 1 heterocycles. The van der Waals surface area contributed by atoms with E-state index in [0.29, 0.717) is 5.56 Å². The molecule has 0 amide bonds. The van der Waals surface area contributed by atoms with Gasteiger partial charge in [0, 0.05) is 11.8 Å². The minimum atomic E-state index is -4.49. The van der Waals surface area contributed by atoms with Crippen LogP contribution in [0.3, 0.4) is 0 Å². The summed E-state index contributed by atoms with van der Waals surface area (Å²) < 4.78 is 38.3. The third kappa shape index (κ3) is 2.58. The van der Waals surface area contributed by atoms with E-state index >= 15 is 0 Å². The summed E-state index contributed by atoms with van der Waals surface area (Å²) in [6.45, 7) is 0. The van der Waals surface area contributed by atoms with Crippen molar-refractivity contribution in [3.63, 3.8) is 0 Å². The van der Waals surface area contributed by atoms with Gasteiger partial charge in [0.15, 0.2) is 5.69 Å². The average molecular weight is 258 g/mol. The summed E-state index contributed by atoms with van der Waals surface area (Å²) in [5.41, 5.74) is -0.492. The summed E-state index contributed by atoms with van der Waals surface area (Å²) in [5, 5.41) is 0.178. The number of rotatable bonds is 1. The molecule has 0 saturated heterocycles. The van der Waals surface area contributed by atoms with Crippen LogP contribution in [-0.4, -0.2) is 4.98 Å². The number of nitrogens with zero attached hydrogens (tertiary/aromatic N) is 1.